The van der Waals surface area contributed by atoms with Crippen LogP contribution >= 0.6 is 0 Å². The minimum absolute atomic E-state index is 0.0337. The van der Waals surface area contributed by atoms with Crippen LogP contribution in [0.25, 0.3) is 33.5 Å². The van der Waals surface area contributed by atoms with Gasteiger partial charge in [0.25, 0.3) is 5.91 Å². The molecule has 1 aliphatic rings. The Hall–Kier alpha value is -3.12. The van der Waals surface area contributed by atoms with Crippen LogP contribution < -0.4 is 5.73 Å². The van der Waals surface area contributed by atoms with E-state index >= 15 is 0 Å². The lowest BCUT2D eigenvalue weighted by atomic mass is 9.97. The van der Waals surface area contributed by atoms with Crippen LogP contribution in [0.3, 0.4) is 0 Å². The van der Waals surface area contributed by atoms with E-state index in [0.29, 0.717) is 19.0 Å². The van der Waals surface area contributed by atoms with Gasteiger partial charge in [0.05, 0.1) is 16.7 Å². The fourth-order valence-corrected chi connectivity index (χ4v) is 4.92. The molecule has 0 fully saturated rings. The molecule has 0 saturated heterocycles. The number of hydrogen-bond donors (Lipinski definition) is 1. The molecule has 0 bridgehead atoms. The van der Waals surface area contributed by atoms with Crippen molar-refractivity contribution in [2.45, 2.75) is 39.8 Å². The maximum absolute atomic E-state index is 13.1. The number of fused-ring (bicyclic) bond motifs is 3. The quantitative estimate of drug-likeness (QED) is 0.517. The molecule has 1 atom stereocenters. The Labute approximate surface area is 188 Å². The van der Waals surface area contributed by atoms with Gasteiger partial charge in [0, 0.05) is 49.2 Å². The highest BCUT2D eigenvalue weighted by Crippen LogP contribution is 2.32. The number of carbonyl (C=O) groups excluding carboxylic acids is 1. The Morgan fingerprint density at radius 1 is 1.06 bits per heavy atom. The van der Waals surface area contributed by atoms with E-state index in [2.05, 4.69) is 66.4 Å². The highest BCUT2D eigenvalue weighted by atomic mass is 16.2. The van der Waals surface area contributed by atoms with E-state index < -0.39 is 0 Å². The Morgan fingerprint density at radius 2 is 1.84 bits per heavy atom. The van der Waals surface area contributed by atoms with Gasteiger partial charge in [0.15, 0.2) is 5.82 Å². The molecule has 0 spiro atoms. The molecular weight excluding hydrogens is 398 g/mol. The molecule has 2 aromatic carbocycles. The summed E-state index contributed by atoms with van der Waals surface area (Å²) >= 11 is 0. The predicted octanol–water partition coefficient (Wildman–Crippen LogP) is 4.20. The van der Waals surface area contributed by atoms with Crippen molar-refractivity contribution < 1.29 is 4.79 Å². The summed E-state index contributed by atoms with van der Waals surface area (Å²) in [6.45, 7) is 8.63. The zero-order valence-corrected chi connectivity index (χ0v) is 19.3. The second-order valence-corrected chi connectivity index (χ2v) is 9.56. The number of nitrogens with two attached hydrogens (primary N) is 1. The van der Waals surface area contributed by atoms with Crippen molar-refractivity contribution in [1.29, 1.82) is 0 Å². The van der Waals surface area contributed by atoms with Crippen molar-refractivity contribution in [2.75, 3.05) is 13.1 Å². The maximum atomic E-state index is 13.1. The van der Waals surface area contributed by atoms with Gasteiger partial charge >= 0.3 is 0 Å². The molecule has 4 aromatic rings. The Balaban J connectivity index is 1.65. The number of para-hydroxylation sites is 1. The van der Waals surface area contributed by atoms with Crippen molar-refractivity contribution in [3.05, 3.63) is 53.6 Å². The van der Waals surface area contributed by atoms with Crippen LogP contribution in [0, 0.1) is 5.92 Å². The molecule has 1 aliphatic heterocycles. The fraction of sp³-hybridized carbons (Fsp3) is 0.385. The van der Waals surface area contributed by atoms with Crippen molar-refractivity contribution in [3.8, 4) is 11.5 Å². The van der Waals surface area contributed by atoms with Gasteiger partial charge in [-0.25, -0.2) is 4.98 Å². The summed E-state index contributed by atoms with van der Waals surface area (Å²) in [5, 5.41) is 1.22. The molecule has 0 radical (unpaired) electrons. The molecule has 5 rings (SSSR count). The number of carbonyl (C=O) groups is 1. The number of rotatable bonds is 5. The van der Waals surface area contributed by atoms with Crippen LogP contribution in [-0.4, -0.2) is 44.1 Å². The number of aryl methyl sites for hydroxylation is 1. The minimum Gasteiger partial charge on any atom is -0.338 e. The summed E-state index contributed by atoms with van der Waals surface area (Å²) in [4.78, 5) is 20.0. The zero-order valence-electron chi connectivity index (χ0n) is 19.3. The molecule has 2 aromatic heterocycles. The van der Waals surface area contributed by atoms with E-state index in [1.807, 2.05) is 17.9 Å². The largest absolute Gasteiger partial charge is 0.338 e. The third kappa shape index (κ3) is 3.39. The third-order valence-corrected chi connectivity index (χ3v) is 6.37. The van der Waals surface area contributed by atoms with Crippen LogP contribution in [0.2, 0.25) is 0 Å². The van der Waals surface area contributed by atoms with E-state index in [9.17, 15) is 4.79 Å². The average Bonchev–Trinajstić information content (AvgIpc) is 3.26. The van der Waals surface area contributed by atoms with Crippen molar-refractivity contribution >= 4 is 27.8 Å². The molecule has 32 heavy (non-hydrogen) atoms. The standard InChI is InChI=1S/C26H31N5O/c1-16(2)14-31-22-8-6-5-7-19(22)12-24(31)25-28-21-13-20-18(11-23(21)29(25)4)9-10-30(26(20)32)15-17(3)27/h5-8,11-13,16-17H,9-10,14-15,27H2,1-4H3/t17-/m1/s1. The van der Waals surface area contributed by atoms with Crippen LogP contribution in [0.4, 0.5) is 0 Å². The highest BCUT2D eigenvalue weighted by molar-refractivity contribution is 6.00. The first-order chi connectivity index (χ1) is 15.3. The summed E-state index contributed by atoms with van der Waals surface area (Å²) in [5.74, 6) is 1.51. The molecular formula is C26H31N5O. The monoisotopic (exact) mass is 429 g/mol. The molecule has 0 saturated carbocycles. The number of aromatic nitrogens is 3. The lowest BCUT2D eigenvalue weighted by Gasteiger charge is -2.29. The van der Waals surface area contributed by atoms with E-state index in [4.69, 9.17) is 10.7 Å². The number of benzene rings is 2. The molecule has 0 aliphatic carbocycles. The van der Waals surface area contributed by atoms with Gasteiger partial charge in [-0.2, -0.15) is 0 Å². The van der Waals surface area contributed by atoms with Gasteiger partial charge in [-0.3, -0.25) is 4.79 Å². The first kappa shape index (κ1) is 20.8. The van der Waals surface area contributed by atoms with Crippen LogP contribution in [0.15, 0.2) is 42.5 Å². The topological polar surface area (TPSA) is 69.1 Å². The van der Waals surface area contributed by atoms with Gasteiger partial charge in [0.1, 0.15) is 0 Å². The summed E-state index contributed by atoms with van der Waals surface area (Å²) in [7, 11) is 2.07. The summed E-state index contributed by atoms with van der Waals surface area (Å²) in [6, 6.07) is 14.8. The molecule has 166 valence electrons. The maximum Gasteiger partial charge on any atom is 0.254 e. The molecule has 3 heterocycles. The first-order valence-corrected chi connectivity index (χ1v) is 11.5. The molecule has 1 amide bonds. The predicted molar refractivity (Wildman–Crippen MR) is 130 cm³/mol. The Bertz CT molecular complexity index is 1330. The van der Waals surface area contributed by atoms with Gasteiger partial charge in [-0.1, -0.05) is 32.0 Å². The molecule has 0 unspecified atom stereocenters. The summed E-state index contributed by atoms with van der Waals surface area (Å²) < 4.78 is 4.54. The van der Waals surface area contributed by atoms with Crippen molar-refractivity contribution in [1.82, 2.24) is 19.0 Å². The molecule has 6 nitrogen and oxygen atoms in total. The number of amides is 1. The smallest absolute Gasteiger partial charge is 0.254 e. The fourth-order valence-electron chi connectivity index (χ4n) is 4.92. The normalized spacial score (nSPS) is 15.2. The lowest BCUT2D eigenvalue weighted by molar-refractivity contribution is 0.0732. The molecule has 2 N–H and O–H groups in total. The summed E-state index contributed by atoms with van der Waals surface area (Å²) in [6.07, 6.45) is 0.845. The van der Waals surface area contributed by atoms with E-state index in [1.165, 1.54) is 10.9 Å². The number of imidazole rings is 1. The third-order valence-electron chi connectivity index (χ3n) is 6.37. The van der Waals surface area contributed by atoms with Gasteiger partial charge in [-0.05, 0) is 49.1 Å². The minimum atomic E-state index is -0.0337. The Kier molecular flexibility index (Phi) is 5.05. The van der Waals surface area contributed by atoms with Crippen LogP contribution in [-0.2, 0) is 20.0 Å². The molecule has 6 heteroatoms. The van der Waals surface area contributed by atoms with Gasteiger partial charge in [-0.15, -0.1) is 0 Å². The van der Waals surface area contributed by atoms with Gasteiger partial charge < -0.3 is 19.8 Å². The number of hydrogen-bond acceptors (Lipinski definition) is 3. The Morgan fingerprint density at radius 3 is 2.59 bits per heavy atom. The summed E-state index contributed by atoms with van der Waals surface area (Å²) in [5.41, 5.74) is 12.1. The van der Waals surface area contributed by atoms with E-state index in [0.717, 1.165) is 46.6 Å². The first-order valence-electron chi connectivity index (χ1n) is 11.5. The SMILES string of the molecule is CC(C)Cn1c(-c2nc3cc4c(cc3n2C)CCN(C[C@@H](C)N)C4=O)cc2ccccc21. The average molecular weight is 430 g/mol. The van der Waals surface area contributed by atoms with E-state index in [-0.39, 0.29) is 11.9 Å². The van der Waals surface area contributed by atoms with Gasteiger partial charge in [0.2, 0.25) is 0 Å². The second kappa shape index (κ2) is 7.78. The number of nitrogens with zero attached hydrogens (tertiary/aromatic N) is 4. The zero-order chi connectivity index (χ0) is 22.6. The van der Waals surface area contributed by atoms with Crippen LogP contribution in [0.1, 0.15) is 36.7 Å². The highest BCUT2D eigenvalue weighted by Gasteiger charge is 2.27. The van der Waals surface area contributed by atoms with Crippen molar-refractivity contribution in [3.63, 3.8) is 0 Å². The van der Waals surface area contributed by atoms with Crippen LogP contribution in [0.5, 0.6) is 0 Å². The van der Waals surface area contributed by atoms with Crippen molar-refractivity contribution in [2.24, 2.45) is 18.7 Å². The second-order valence-electron chi connectivity index (χ2n) is 9.56. The van der Waals surface area contributed by atoms with E-state index in [1.54, 1.807) is 0 Å². The lowest BCUT2D eigenvalue weighted by Crippen LogP contribution is -2.43.